The van der Waals surface area contributed by atoms with Gasteiger partial charge in [-0.25, -0.2) is 0 Å². The number of nitrogens with one attached hydrogen (secondary N) is 1. The van der Waals surface area contributed by atoms with E-state index in [0.29, 0.717) is 0 Å². The normalized spacial score (nSPS) is 35.5. The van der Waals surface area contributed by atoms with Gasteiger partial charge < -0.3 is 4.98 Å². The Bertz CT molecular complexity index is 305. The van der Waals surface area contributed by atoms with E-state index in [0.717, 1.165) is 29.2 Å². The lowest BCUT2D eigenvalue weighted by molar-refractivity contribution is 0.296. The number of hydrogen-bond donors (Lipinski definition) is 1. The second-order valence-electron chi connectivity index (χ2n) is 9.01. The van der Waals surface area contributed by atoms with Crippen molar-refractivity contribution in [1.29, 1.82) is 0 Å². The maximum absolute atomic E-state index is 4.03. The molecule has 0 spiro atoms. The molecule has 0 aromatic carbocycles. The van der Waals surface area contributed by atoms with E-state index in [2.05, 4.69) is 66.5 Å². The summed E-state index contributed by atoms with van der Waals surface area (Å²) in [5, 5.41) is 0. The Kier molecular flexibility index (Phi) is 5.94. The van der Waals surface area contributed by atoms with Crippen LogP contribution in [0, 0.1) is 23.7 Å². The maximum Gasteiger partial charge on any atom is 0.123 e. The molecule has 0 bridgehead atoms. The summed E-state index contributed by atoms with van der Waals surface area (Å²) in [4.78, 5) is 4.03. The Morgan fingerprint density at radius 3 is 1.95 bits per heavy atom. The summed E-state index contributed by atoms with van der Waals surface area (Å²) in [7, 11) is -1.40. The zero-order valence-corrected chi connectivity index (χ0v) is 16.5. The highest BCUT2D eigenvalue weighted by atomic mass is 28.3. The minimum atomic E-state index is -1.40. The zero-order valence-electron chi connectivity index (χ0n) is 15.5. The lowest BCUT2D eigenvalue weighted by atomic mass is 9.85. The van der Waals surface area contributed by atoms with Crippen LogP contribution in [0.15, 0.2) is 0 Å². The van der Waals surface area contributed by atoms with Crippen LogP contribution in [0.2, 0.25) is 18.6 Å². The van der Waals surface area contributed by atoms with Crippen molar-refractivity contribution < 1.29 is 0 Å². The Balaban J connectivity index is 2.89. The van der Waals surface area contributed by atoms with Crippen LogP contribution in [0.1, 0.15) is 67.7 Å². The Morgan fingerprint density at radius 1 is 0.950 bits per heavy atom. The van der Waals surface area contributed by atoms with E-state index in [1.165, 1.54) is 19.3 Å². The van der Waals surface area contributed by atoms with Gasteiger partial charge in [-0.05, 0) is 56.4 Å². The fourth-order valence-electron chi connectivity index (χ4n) is 5.27. The summed E-state index contributed by atoms with van der Waals surface area (Å²) in [6, 6.07) is 0. The van der Waals surface area contributed by atoms with E-state index < -0.39 is 8.24 Å². The molecule has 0 aliphatic heterocycles. The van der Waals surface area contributed by atoms with Crippen LogP contribution < -0.4 is 4.98 Å². The summed E-state index contributed by atoms with van der Waals surface area (Å²) in [5.41, 5.74) is 1.17. The van der Waals surface area contributed by atoms with Crippen molar-refractivity contribution in [2.45, 2.75) is 91.9 Å². The first-order valence-corrected chi connectivity index (χ1v) is 11.9. The minimum absolute atomic E-state index is 0.250. The predicted octanol–water partition coefficient (Wildman–Crippen LogP) is 5.68. The van der Waals surface area contributed by atoms with E-state index in [1.54, 1.807) is 0 Å². The first-order chi connectivity index (χ1) is 9.01. The van der Waals surface area contributed by atoms with Crippen molar-refractivity contribution in [3.05, 3.63) is 0 Å². The van der Waals surface area contributed by atoms with Crippen molar-refractivity contribution in [2.75, 3.05) is 0 Å². The van der Waals surface area contributed by atoms with Crippen LogP contribution in [0.4, 0.5) is 0 Å². The Morgan fingerprint density at radius 2 is 1.50 bits per heavy atom. The molecule has 1 rings (SSSR count). The molecule has 0 amide bonds. The number of unbranched alkanes of at least 4 members (excludes halogenated alkanes) is 1. The number of hydrogen-bond acceptors (Lipinski definition) is 1. The molecule has 5 atom stereocenters. The number of rotatable bonds is 5. The maximum atomic E-state index is 4.03. The van der Waals surface area contributed by atoms with Gasteiger partial charge in [0.25, 0.3) is 0 Å². The molecule has 1 fully saturated rings. The minimum Gasteiger partial charge on any atom is -0.332 e. The molecular formula is C18H39NSi. The van der Waals surface area contributed by atoms with Crippen molar-refractivity contribution in [2.24, 2.45) is 23.7 Å². The second kappa shape index (κ2) is 6.52. The third-order valence-electron chi connectivity index (χ3n) is 5.73. The largest absolute Gasteiger partial charge is 0.332 e. The van der Waals surface area contributed by atoms with Gasteiger partial charge in [0.2, 0.25) is 0 Å². The van der Waals surface area contributed by atoms with Crippen LogP contribution >= 0.6 is 0 Å². The molecule has 5 unspecified atom stereocenters. The first-order valence-electron chi connectivity index (χ1n) is 8.80. The smallest absolute Gasteiger partial charge is 0.123 e. The van der Waals surface area contributed by atoms with E-state index in [-0.39, 0.29) is 5.54 Å². The van der Waals surface area contributed by atoms with Crippen LogP contribution in [0.3, 0.4) is 0 Å². The van der Waals surface area contributed by atoms with Crippen molar-refractivity contribution in [3.63, 3.8) is 0 Å². The van der Waals surface area contributed by atoms with Gasteiger partial charge >= 0.3 is 0 Å². The van der Waals surface area contributed by atoms with Gasteiger partial charge in [-0.3, -0.25) is 0 Å². The zero-order chi connectivity index (χ0) is 15.7. The second-order valence-corrected chi connectivity index (χ2v) is 13.4. The lowest BCUT2D eigenvalue weighted by Gasteiger charge is -2.42. The van der Waals surface area contributed by atoms with Gasteiger partial charge in [-0.2, -0.15) is 0 Å². The molecule has 1 saturated carbocycles. The molecule has 1 nitrogen and oxygen atoms in total. The SMILES string of the molecule is CCCCC1C(C)C(C)C([Si](C)(C)NC(C)(C)C)C1C. The molecule has 0 saturated heterocycles. The van der Waals surface area contributed by atoms with Gasteiger partial charge in [0.1, 0.15) is 8.24 Å². The first kappa shape index (κ1) is 18.2. The van der Waals surface area contributed by atoms with Gasteiger partial charge in [-0.1, -0.05) is 53.6 Å². The molecule has 0 heterocycles. The van der Waals surface area contributed by atoms with E-state index in [9.17, 15) is 0 Å². The summed E-state index contributed by atoms with van der Waals surface area (Å²) < 4.78 is 0. The molecule has 1 aliphatic carbocycles. The fourth-order valence-corrected chi connectivity index (χ4v) is 10.6. The van der Waals surface area contributed by atoms with Gasteiger partial charge in [0, 0.05) is 5.54 Å². The molecule has 0 radical (unpaired) electrons. The average molecular weight is 298 g/mol. The highest BCUT2D eigenvalue weighted by molar-refractivity contribution is 6.76. The highest BCUT2D eigenvalue weighted by Crippen LogP contribution is 2.54. The summed E-state index contributed by atoms with van der Waals surface area (Å²) >= 11 is 0. The Hall–Kier alpha value is 0.177. The molecule has 0 aromatic heterocycles. The van der Waals surface area contributed by atoms with E-state index in [4.69, 9.17) is 0 Å². The van der Waals surface area contributed by atoms with Gasteiger partial charge in [0.15, 0.2) is 0 Å². The van der Waals surface area contributed by atoms with Gasteiger partial charge in [0.05, 0.1) is 0 Å². The van der Waals surface area contributed by atoms with E-state index in [1.807, 2.05) is 0 Å². The molecule has 0 aromatic rings. The molecule has 1 aliphatic rings. The van der Waals surface area contributed by atoms with Crippen LogP contribution in [-0.4, -0.2) is 13.8 Å². The summed E-state index contributed by atoms with van der Waals surface area (Å²) in [6.07, 6.45) is 4.20. The van der Waals surface area contributed by atoms with Crippen molar-refractivity contribution in [1.82, 2.24) is 4.98 Å². The third kappa shape index (κ3) is 4.10. The van der Waals surface area contributed by atoms with Crippen LogP contribution in [0.25, 0.3) is 0 Å². The summed E-state index contributed by atoms with van der Waals surface area (Å²) in [5.74, 6) is 3.62. The fraction of sp³-hybridized carbons (Fsp3) is 1.00. The topological polar surface area (TPSA) is 12.0 Å². The van der Waals surface area contributed by atoms with Crippen molar-refractivity contribution >= 4 is 8.24 Å². The van der Waals surface area contributed by atoms with Gasteiger partial charge in [-0.15, -0.1) is 0 Å². The predicted molar refractivity (Wildman–Crippen MR) is 94.6 cm³/mol. The molecule has 20 heavy (non-hydrogen) atoms. The highest BCUT2D eigenvalue weighted by Gasteiger charge is 2.51. The summed E-state index contributed by atoms with van der Waals surface area (Å²) in [6.45, 7) is 22.0. The van der Waals surface area contributed by atoms with Crippen molar-refractivity contribution in [3.8, 4) is 0 Å². The molecule has 2 heteroatoms. The molecule has 120 valence electrons. The standard InChI is InChI=1S/C18H39NSi/c1-10-11-12-16-13(2)14(3)17(15(16)4)20(8,9)19-18(5,6)7/h13-17,19H,10-12H2,1-9H3. The molecular weight excluding hydrogens is 258 g/mol. The average Bonchev–Trinajstić information content (AvgIpc) is 2.45. The van der Waals surface area contributed by atoms with Crippen LogP contribution in [0.5, 0.6) is 0 Å². The van der Waals surface area contributed by atoms with E-state index >= 15 is 0 Å². The van der Waals surface area contributed by atoms with Crippen LogP contribution in [-0.2, 0) is 0 Å². The lowest BCUT2D eigenvalue weighted by Crippen LogP contribution is -2.58. The third-order valence-corrected chi connectivity index (χ3v) is 9.85. The molecule has 1 N–H and O–H groups in total. The Labute approximate surface area is 129 Å². The monoisotopic (exact) mass is 297 g/mol. The quantitative estimate of drug-likeness (QED) is 0.644.